The van der Waals surface area contributed by atoms with Crippen molar-refractivity contribution >= 4 is 24.1 Å². The third-order valence-corrected chi connectivity index (χ3v) is 3.53. The van der Waals surface area contributed by atoms with Gasteiger partial charge in [-0.1, -0.05) is 5.16 Å². The number of carbonyl (C=O) groups is 2. The van der Waals surface area contributed by atoms with Gasteiger partial charge in [-0.25, -0.2) is 4.79 Å². The van der Waals surface area contributed by atoms with Crippen LogP contribution >= 0.6 is 11.8 Å². The monoisotopic (exact) mass is 311 g/mol. The number of hydrogen-bond acceptors (Lipinski definition) is 7. The summed E-state index contributed by atoms with van der Waals surface area (Å²) in [6.45, 7) is 0. The summed E-state index contributed by atoms with van der Waals surface area (Å²) in [5, 5.41) is 14.9. The van der Waals surface area contributed by atoms with Crippen LogP contribution in [0.4, 0.5) is 0 Å². The molecule has 2 rings (SSSR count). The van der Waals surface area contributed by atoms with E-state index in [0.29, 0.717) is 41.8 Å². The lowest BCUT2D eigenvalue weighted by Crippen LogP contribution is -2.36. The summed E-state index contributed by atoms with van der Waals surface area (Å²) in [5.74, 6) is 1.28. The normalized spacial score (nSPS) is 12.0. The molecule has 0 aliphatic rings. The number of nitrogens with one attached hydrogen (secondary N) is 1. The number of furan rings is 1. The minimum Gasteiger partial charge on any atom is -0.480 e. The van der Waals surface area contributed by atoms with Crippen LogP contribution < -0.4 is 5.32 Å². The number of carboxylic acids is 1. The van der Waals surface area contributed by atoms with Gasteiger partial charge in [0.05, 0.1) is 12.0 Å². The van der Waals surface area contributed by atoms with Crippen LogP contribution in [0.1, 0.15) is 12.3 Å². The van der Waals surface area contributed by atoms with E-state index in [2.05, 4.69) is 15.5 Å². The van der Waals surface area contributed by atoms with Gasteiger partial charge in [0.2, 0.25) is 18.1 Å². The molecule has 1 unspecified atom stereocenters. The van der Waals surface area contributed by atoms with Gasteiger partial charge in [-0.05, 0) is 24.3 Å². The molecule has 0 fully saturated rings. The number of amides is 1. The van der Waals surface area contributed by atoms with Gasteiger partial charge < -0.3 is 19.4 Å². The highest BCUT2D eigenvalue weighted by atomic mass is 32.2. The first-order valence-corrected chi connectivity index (χ1v) is 7.23. The highest BCUT2D eigenvalue weighted by Crippen LogP contribution is 2.18. The van der Waals surface area contributed by atoms with E-state index in [1.54, 1.807) is 12.1 Å². The number of carboxylic acid groups (broad SMARTS) is 1. The zero-order valence-electron chi connectivity index (χ0n) is 10.9. The Morgan fingerprint density at radius 3 is 3.10 bits per heavy atom. The first-order chi connectivity index (χ1) is 10.2. The van der Waals surface area contributed by atoms with E-state index in [9.17, 15) is 9.59 Å². The maximum Gasteiger partial charge on any atom is 0.326 e. The molecule has 112 valence electrons. The Balaban J connectivity index is 1.76. The summed E-state index contributed by atoms with van der Waals surface area (Å²) in [6.07, 6.45) is 2.22. The molecule has 1 atom stereocenters. The fourth-order valence-corrected chi connectivity index (χ4v) is 2.38. The summed E-state index contributed by atoms with van der Waals surface area (Å²) in [4.78, 5) is 25.2. The molecule has 0 saturated carbocycles. The molecule has 0 aromatic carbocycles. The Hall–Kier alpha value is -2.29. The maximum atomic E-state index is 10.8. The molecular weight excluding hydrogens is 298 g/mol. The number of aliphatic carboxylic acids is 1. The van der Waals surface area contributed by atoms with E-state index in [0.717, 1.165) is 0 Å². The second-order valence-corrected chi connectivity index (χ2v) is 5.11. The number of thioether (sulfide) groups is 1. The molecule has 2 heterocycles. The van der Waals surface area contributed by atoms with E-state index < -0.39 is 12.0 Å². The van der Waals surface area contributed by atoms with Crippen LogP contribution in [0.5, 0.6) is 0 Å². The van der Waals surface area contributed by atoms with Crippen molar-refractivity contribution in [3.05, 3.63) is 24.3 Å². The topological polar surface area (TPSA) is 118 Å². The quantitative estimate of drug-likeness (QED) is 0.523. The predicted octanol–water partition coefficient (Wildman–Crippen LogP) is 1.15. The largest absolute Gasteiger partial charge is 0.480 e. The SMILES string of the molecule is O=CNC(CCSCc1nc(-c2ccco2)no1)C(=O)O. The van der Waals surface area contributed by atoms with Crippen molar-refractivity contribution < 1.29 is 23.6 Å². The Bertz CT molecular complexity index is 583. The highest BCUT2D eigenvalue weighted by molar-refractivity contribution is 7.98. The van der Waals surface area contributed by atoms with E-state index in [1.807, 2.05) is 0 Å². The molecule has 1 amide bonds. The van der Waals surface area contributed by atoms with Crippen LogP contribution in [0, 0.1) is 0 Å². The lowest BCUT2D eigenvalue weighted by atomic mass is 10.2. The minimum absolute atomic E-state index is 0.317. The Morgan fingerprint density at radius 1 is 1.57 bits per heavy atom. The van der Waals surface area contributed by atoms with Crippen LogP contribution in [0.2, 0.25) is 0 Å². The van der Waals surface area contributed by atoms with Gasteiger partial charge >= 0.3 is 5.97 Å². The van der Waals surface area contributed by atoms with E-state index in [-0.39, 0.29) is 0 Å². The smallest absolute Gasteiger partial charge is 0.326 e. The van der Waals surface area contributed by atoms with E-state index >= 15 is 0 Å². The van der Waals surface area contributed by atoms with Crippen molar-refractivity contribution in [2.75, 3.05) is 5.75 Å². The van der Waals surface area contributed by atoms with Crippen molar-refractivity contribution in [2.24, 2.45) is 0 Å². The molecule has 0 bridgehead atoms. The molecule has 0 aliphatic carbocycles. The fourth-order valence-electron chi connectivity index (χ4n) is 1.54. The van der Waals surface area contributed by atoms with E-state index in [4.69, 9.17) is 14.0 Å². The molecule has 0 saturated heterocycles. The van der Waals surface area contributed by atoms with Gasteiger partial charge in [0.25, 0.3) is 0 Å². The van der Waals surface area contributed by atoms with Gasteiger partial charge in [0.1, 0.15) is 6.04 Å². The first-order valence-electron chi connectivity index (χ1n) is 6.07. The van der Waals surface area contributed by atoms with Crippen LogP contribution in [0.15, 0.2) is 27.3 Å². The predicted molar refractivity (Wildman–Crippen MR) is 73.4 cm³/mol. The molecule has 2 N–H and O–H groups in total. The number of hydrogen-bond donors (Lipinski definition) is 2. The van der Waals surface area contributed by atoms with Crippen molar-refractivity contribution in [3.63, 3.8) is 0 Å². The van der Waals surface area contributed by atoms with Crippen LogP contribution in [-0.4, -0.2) is 39.4 Å². The zero-order valence-corrected chi connectivity index (χ0v) is 11.7. The Morgan fingerprint density at radius 2 is 2.43 bits per heavy atom. The molecule has 9 heteroatoms. The van der Waals surface area contributed by atoms with Gasteiger partial charge in [0, 0.05) is 0 Å². The number of nitrogens with zero attached hydrogens (tertiary/aromatic N) is 2. The van der Waals surface area contributed by atoms with Crippen LogP contribution in [0.25, 0.3) is 11.6 Å². The molecule has 0 spiro atoms. The number of carbonyl (C=O) groups excluding carboxylic acids is 1. The number of rotatable bonds is 9. The van der Waals surface area contributed by atoms with Crippen molar-refractivity contribution in [1.29, 1.82) is 0 Å². The van der Waals surface area contributed by atoms with Crippen molar-refractivity contribution in [3.8, 4) is 11.6 Å². The zero-order chi connectivity index (χ0) is 15.1. The summed E-state index contributed by atoms with van der Waals surface area (Å²) < 4.78 is 10.2. The summed E-state index contributed by atoms with van der Waals surface area (Å²) in [6, 6.07) is 2.58. The summed E-state index contributed by atoms with van der Waals surface area (Å²) >= 11 is 1.44. The van der Waals surface area contributed by atoms with Gasteiger partial charge in [-0.2, -0.15) is 16.7 Å². The lowest BCUT2D eigenvalue weighted by molar-refractivity contribution is -0.140. The molecular formula is C12H13N3O5S. The third kappa shape index (κ3) is 4.35. The van der Waals surface area contributed by atoms with Crippen LogP contribution in [0.3, 0.4) is 0 Å². The molecule has 0 radical (unpaired) electrons. The number of aromatic nitrogens is 2. The first kappa shape index (κ1) is 15.1. The standard InChI is InChI=1S/C12H13N3O5S/c16-7-13-8(12(17)18)3-5-21-6-10-14-11(15-20-10)9-2-1-4-19-9/h1-2,4,7-8H,3,5-6H2,(H,13,16)(H,17,18). The van der Waals surface area contributed by atoms with Gasteiger partial charge in [0.15, 0.2) is 5.76 Å². The molecule has 2 aromatic heterocycles. The second-order valence-electron chi connectivity index (χ2n) is 4.01. The Labute approximate surface area is 123 Å². The average molecular weight is 311 g/mol. The summed E-state index contributed by atoms with van der Waals surface area (Å²) in [5.41, 5.74) is 0. The van der Waals surface area contributed by atoms with Gasteiger partial charge in [-0.3, -0.25) is 4.79 Å². The maximum absolute atomic E-state index is 10.8. The average Bonchev–Trinajstić information content (AvgIpc) is 3.12. The molecule has 2 aromatic rings. The van der Waals surface area contributed by atoms with E-state index in [1.165, 1.54) is 18.0 Å². The molecule has 21 heavy (non-hydrogen) atoms. The molecule has 8 nitrogen and oxygen atoms in total. The third-order valence-electron chi connectivity index (χ3n) is 2.55. The highest BCUT2D eigenvalue weighted by Gasteiger charge is 2.16. The summed E-state index contributed by atoms with van der Waals surface area (Å²) in [7, 11) is 0. The van der Waals surface area contributed by atoms with Gasteiger partial charge in [-0.15, -0.1) is 0 Å². The second kappa shape index (κ2) is 7.48. The lowest BCUT2D eigenvalue weighted by Gasteiger charge is -2.09. The minimum atomic E-state index is -1.06. The van der Waals surface area contributed by atoms with Crippen LogP contribution in [-0.2, 0) is 15.3 Å². The van der Waals surface area contributed by atoms with Crippen molar-refractivity contribution in [2.45, 2.75) is 18.2 Å². The fraction of sp³-hybridized carbons (Fsp3) is 0.333. The molecule has 0 aliphatic heterocycles. The van der Waals surface area contributed by atoms with Crippen molar-refractivity contribution in [1.82, 2.24) is 15.5 Å². The Kier molecular flexibility index (Phi) is 5.38.